The van der Waals surface area contributed by atoms with Gasteiger partial charge in [0.05, 0.1) is 17.3 Å². The van der Waals surface area contributed by atoms with Gasteiger partial charge in [-0.2, -0.15) is 23.0 Å². The van der Waals surface area contributed by atoms with Crippen molar-refractivity contribution in [2.75, 3.05) is 27.2 Å². The van der Waals surface area contributed by atoms with Crippen LogP contribution in [0.1, 0.15) is 34.3 Å². The van der Waals surface area contributed by atoms with Gasteiger partial charge in [0.25, 0.3) is 5.91 Å². The molecule has 0 radical (unpaired) electrons. The third kappa shape index (κ3) is 4.36. The first-order chi connectivity index (χ1) is 15.2. The van der Waals surface area contributed by atoms with E-state index in [1.807, 2.05) is 11.9 Å². The number of fused-ring (bicyclic) bond motifs is 1. The monoisotopic (exact) mass is 449 g/mol. The zero-order chi connectivity index (χ0) is 23.0. The summed E-state index contributed by atoms with van der Waals surface area (Å²) in [5.41, 5.74) is 0.0141. The quantitative estimate of drug-likeness (QED) is 0.779. The predicted octanol–water partition coefficient (Wildman–Crippen LogP) is 3.07. The lowest BCUT2D eigenvalue weighted by atomic mass is 10.0. The van der Waals surface area contributed by atoms with E-state index in [9.17, 15) is 22.8 Å². The first kappa shape index (κ1) is 22.3. The van der Waals surface area contributed by atoms with E-state index in [1.165, 1.54) is 36.3 Å². The number of carbonyl (C=O) groups excluding carboxylic acids is 2. The number of nitrogens with zero attached hydrogens (tertiary/aromatic N) is 4. The number of carbonyl (C=O) groups is 2. The van der Waals surface area contributed by atoms with Crippen molar-refractivity contribution in [3.63, 3.8) is 0 Å². The van der Waals surface area contributed by atoms with Gasteiger partial charge in [0, 0.05) is 38.9 Å². The average Bonchev–Trinajstić information content (AvgIpc) is 3.47. The van der Waals surface area contributed by atoms with Crippen molar-refractivity contribution in [1.82, 2.24) is 24.9 Å². The molecule has 3 atom stereocenters. The lowest BCUT2D eigenvalue weighted by Crippen LogP contribution is -2.36. The summed E-state index contributed by atoms with van der Waals surface area (Å²) in [6.45, 7) is 1.41. The summed E-state index contributed by atoms with van der Waals surface area (Å²) < 4.78 is 41.1. The van der Waals surface area contributed by atoms with Crippen molar-refractivity contribution in [2.24, 2.45) is 11.8 Å². The molecule has 0 unspecified atom stereocenters. The van der Waals surface area contributed by atoms with Gasteiger partial charge in [0.1, 0.15) is 0 Å². The van der Waals surface area contributed by atoms with Gasteiger partial charge in [0.15, 0.2) is 0 Å². The number of nitrogens with one attached hydrogen (secondary N) is 1. The molecule has 1 aliphatic carbocycles. The van der Waals surface area contributed by atoms with Crippen LogP contribution in [0.15, 0.2) is 36.7 Å². The lowest BCUT2D eigenvalue weighted by Gasteiger charge is -2.27. The summed E-state index contributed by atoms with van der Waals surface area (Å²) in [5, 5.41) is 6.50. The molecular weight excluding hydrogens is 423 g/mol. The fourth-order valence-corrected chi connectivity index (χ4v) is 4.95. The molecule has 10 heteroatoms. The zero-order valence-electron chi connectivity index (χ0n) is 18.0. The van der Waals surface area contributed by atoms with Gasteiger partial charge in [-0.1, -0.05) is 18.2 Å². The Bertz CT molecular complexity index is 991. The maximum atomic E-state index is 13.3. The van der Waals surface area contributed by atoms with Crippen LogP contribution in [0.25, 0.3) is 0 Å². The Morgan fingerprint density at radius 2 is 1.84 bits per heavy atom. The Balaban J connectivity index is 1.35. The standard InChI is InChI=1S/C22H26F3N5O2/c1-26-20(31)17-9-27-30(13-17)21(32)29-11-15-7-18(8-16(15)12-29)28(2)10-14-5-3-4-6-19(14)22(23,24)25/h3-6,9,13,15-16,18H,7-8,10-12H2,1-2H3,(H,26,31)/t15-,16+,18-. The predicted molar refractivity (Wildman–Crippen MR) is 111 cm³/mol. The Morgan fingerprint density at radius 3 is 2.47 bits per heavy atom. The molecule has 0 bridgehead atoms. The molecule has 2 aromatic rings. The molecule has 1 aromatic heterocycles. The van der Waals surface area contributed by atoms with E-state index in [4.69, 9.17) is 0 Å². The molecule has 4 rings (SSSR count). The average molecular weight is 449 g/mol. The van der Waals surface area contributed by atoms with E-state index >= 15 is 0 Å². The van der Waals surface area contributed by atoms with Gasteiger partial charge < -0.3 is 10.2 Å². The molecule has 32 heavy (non-hydrogen) atoms. The van der Waals surface area contributed by atoms with Crippen molar-refractivity contribution < 1.29 is 22.8 Å². The number of rotatable bonds is 4. The van der Waals surface area contributed by atoms with Crippen LogP contribution in [0, 0.1) is 11.8 Å². The van der Waals surface area contributed by atoms with E-state index in [2.05, 4.69) is 10.4 Å². The van der Waals surface area contributed by atoms with Crippen molar-refractivity contribution in [3.8, 4) is 0 Å². The van der Waals surface area contributed by atoms with E-state index in [0.29, 0.717) is 30.5 Å². The van der Waals surface area contributed by atoms with E-state index in [-0.39, 0.29) is 30.1 Å². The second-order valence-corrected chi connectivity index (χ2v) is 8.66. The summed E-state index contributed by atoms with van der Waals surface area (Å²) >= 11 is 0. The molecule has 7 nitrogen and oxygen atoms in total. The lowest BCUT2D eigenvalue weighted by molar-refractivity contribution is -0.138. The summed E-state index contributed by atoms with van der Waals surface area (Å²) in [6.07, 6.45) is 0.0828. The zero-order valence-corrected chi connectivity index (χ0v) is 18.0. The number of likely N-dealkylation sites (tertiary alicyclic amines) is 1. The minimum atomic E-state index is -4.37. The molecule has 0 spiro atoms. The van der Waals surface area contributed by atoms with E-state index < -0.39 is 11.7 Å². The highest BCUT2D eigenvalue weighted by molar-refractivity contribution is 5.94. The molecule has 1 aromatic carbocycles. The summed E-state index contributed by atoms with van der Waals surface area (Å²) in [6, 6.07) is 5.62. The minimum Gasteiger partial charge on any atom is -0.355 e. The molecule has 1 saturated heterocycles. The SMILES string of the molecule is CNC(=O)c1cnn(C(=O)N2C[C@H]3C[C@@H](N(C)Cc4ccccc4C(F)(F)F)C[C@H]3C2)c1. The van der Waals surface area contributed by atoms with Crippen LogP contribution in [0.3, 0.4) is 0 Å². The number of benzene rings is 1. The molecule has 2 amide bonds. The fourth-order valence-electron chi connectivity index (χ4n) is 4.95. The molecule has 172 valence electrons. The fraction of sp³-hybridized carbons (Fsp3) is 0.500. The molecule has 2 heterocycles. The molecular formula is C22H26F3N5O2. The third-order valence-corrected chi connectivity index (χ3v) is 6.63. The highest BCUT2D eigenvalue weighted by Crippen LogP contribution is 2.41. The second kappa shape index (κ2) is 8.57. The number of aromatic nitrogens is 2. The Kier molecular flexibility index (Phi) is 5.98. The van der Waals surface area contributed by atoms with Gasteiger partial charge in [-0.3, -0.25) is 9.69 Å². The van der Waals surface area contributed by atoms with E-state index in [1.54, 1.807) is 11.0 Å². The first-order valence-electron chi connectivity index (χ1n) is 10.6. The number of hydrogen-bond acceptors (Lipinski definition) is 4. The summed E-state index contributed by atoms with van der Waals surface area (Å²) in [5.74, 6) is 0.303. The van der Waals surface area contributed by atoms with Crippen molar-refractivity contribution in [2.45, 2.75) is 31.6 Å². The highest BCUT2D eigenvalue weighted by Gasteiger charge is 2.44. The molecule has 1 saturated carbocycles. The van der Waals surface area contributed by atoms with Crippen molar-refractivity contribution in [3.05, 3.63) is 53.3 Å². The maximum absolute atomic E-state index is 13.3. The number of alkyl halides is 3. The maximum Gasteiger partial charge on any atom is 0.416 e. The normalized spacial score (nSPS) is 22.9. The van der Waals surface area contributed by atoms with Crippen LogP contribution in [0.2, 0.25) is 0 Å². The number of hydrogen-bond donors (Lipinski definition) is 1. The topological polar surface area (TPSA) is 70.5 Å². The summed E-state index contributed by atoms with van der Waals surface area (Å²) in [7, 11) is 3.38. The number of halogens is 3. The third-order valence-electron chi connectivity index (χ3n) is 6.63. The van der Waals surface area contributed by atoms with Crippen molar-refractivity contribution >= 4 is 11.9 Å². The van der Waals surface area contributed by atoms with Gasteiger partial charge in [-0.15, -0.1) is 0 Å². The van der Waals surface area contributed by atoms with Gasteiger partial charge in [0.2, 0.25) is 0 Å². The van der Waals surface area contributed by atoms with Gasteiger partial charge in [-0.25, -0.2) is 4.79 Å². The Hall–Kier alpha value is -2.88. The van der Waals surface area contributed by atoms with Crippen LogP contribution in [0.4, 0.5) is 18.0 Å². The molecule has 1 aliphatic heterocycles. The van der Waals surface area contributed by atoms with Crippen LogP contribution >= 0.6 is 0 Å². The van der Waals surface area contributed by atoms with E-state index in [0.717, 1.165) is 18.9 Å². The molecule has 1 N–H and O–H groups in total. The largest absolute Gasteiger partial charge is 0.416 e. The van der Waals surface area contributed by atoms with Crippen LogP contribution < -0.4 is 5.32 Å². The van der Waals surface area contributed by atoms with Crippen LogP contribution in [-0.2, 0) is 12.7 Å². The smallest absolute Gasteiger partial charge is 0.355 e. The minimum absolute atomic E-state index is 0.174. The number of amides is 2. The second-order valence-electron chi connectivity index (χ2n) is 8.66. The van der Waals surface area contributed by atoms with Crippen LogP contribution in [-0.4, -0.2) is 64.7 Å². The summed E-state index contributed by atoms with van der Waals surface area (Å²) in [4.78, 5) is 28.2. The van der Waals surface area contributed by atoms with Gasteiger partial charge in [-0.05, 0) is 43.4 Å². The molecule has 2 aliphatic rings. The van der Waals surface area contributed by atoms with Crippen LogP contribution in [0.5, 0.6) is 0 Å². The Morgan fingerprint density at radius 1 is 1.19 bits per heavy atom. The first-order valence-corrected chi connectivity index (χ1v) is 10.6. The Labute approximate surface area is 184 Å². The molecule has 2 fully saturated rings. The van der Waals surface area contributed by atoms with Gasteiger partial charge >= 0.3 is 12.2 Å². The highest BCUT2D eigenvalue weighted by atomic mass is 19.4. The van der Waals surface area contributed by atoms with Crippen molar-refractivity contribution in [1.29, 1.82) is 0 Å².